The molecule has 0 unspecified atom stereocenters. The Labute approximate surface area is 170 Å². The van der Waals surface area contributed by atoms with Crippen LogP contribution >= 0.6 is 12.2 Å². The van der Waals surface area contributed by atoms with Gasteiger partial charge in [-0.2, -0.15) is 0 Å². The molecule has 0 radical (unpaired) electrons. The minimum Gasteiger partial charge on any atom is -0.459 e. The number of aromatic nitrogens is 1. The predicted molar refractivity (Wildman–Crippen MR) is 113 cm³/mol. The van der Waals surface area contributed by atoms with Crippen molar-refractivity contribution in [2.75, 3.05) is 20.3 Å². The van der Waals surface area contributed by atoms with Gasteiger partial charge in [0, 0.05) is 32.0 Å². The molecule has 0 aliphatic carbocycles. The van der Waals surface area contributed by atoms with Gasteiger partial charge in [0.05, 0.1) is 11.7 Å². The van der Waals surface area contributed by atoms with Crippen molar-refractivity contribution in [3.8, 4) is 11.3 Å². The molecule has 0 spiro atoms. The molecule has 0 bridgehead atoms. The van der Waals surface area contributed by atoms with Crippen LogP contribution in [0.1, 0.15) is 30.0 Å². The van der Waals surface area contributed by atoms with Crippen molar-refractivity contribution in [1.29, 1.82) is 0 Å². The summed E-state index contributed by atoms with van der Waals surface area (Å²) in [6.07, 6.45) is 2.69. The quantitative estimate of drug-likeness (QED) is 0.476. The summed E-state index contributed by atoms with van der Waals surface area (Å²) in [6, 6.07) is 20.0. The maximum atomic E-state index is 6.29. The zero-order valence-corrected chi connectivity index (χ0v) is 16.6. The van der Waals surface area contributed by atoms with Gasteiger partial charge in [-0.3, -0.25) is 4.98 Å². The molecule has 1 aliphatic rings. The molecular weight excluding hydrogens is 370 g/mol. The Morgan fingerprint density at radius 2 is 1.93 bits per heavy atom. The van der Waals surface area contributed by atoms with Gasteiger partial charge in [-0.05, 0) is 42.9 Å². The van der Waals surface area contributed by atoms with Crippen LogP contribution in [0.25, 0.3) is 11.3 Å². The fourth-order valence-electron chi connectivity index (χ4n) is 3.60. The maximum Gasteiger partial charge on any atom is 0.170 e. The largest absolute Gasteiger partial charge is 0.459 e. The fraction of sp³-hybridized carbons (Fsp3) is 0.273. The number of hydrogen-bond acceptors (Lipinski definition) is 4. The Bertz CT molecular complexity index is 914. The third-order valence-corrected chi connectivity index (χ3v) is 5.27. The molecule has 1 aromatic carbocycles. The van der Waals surface area contributed by atoms with Gasteiger partial charge in [-0.1, -0.05) is 36.4 Å². The summed E-state index contributed by atoms with van der Waals surface area (Å²) in [5, 5.41) is 4.16. The molecule has 0 saturated carbocycles. The van der Waals surface area contributed by atoms with E-state index in [9.17, 15) is 0 Å². The molecule has 1 fully saturated rings. The smallest absolute Gasteiger partial charge is 0.170 e. The summed E-state index contributed by atoms with van der Waals surface area (Å²) < 4.78 is 11.5. The third kappa shape index (κ3) is 3.79. The lowest BCUT2D eigenvalue weighted by Crippen LogP contribution is -2.31. The molecular formula is C22H23N3O2S. The highest BCUT2D eigenvalue weighted by atomic mass is 32.1. The lowest BCUT2D eigenvalue weighted by molar-refractivity contribution is 0.177. The van der Waals surface area contributed by atoms with Gasteiger partial charge < -0.3 is 19.4 Å². The molecule has 2 aromatic heterocycles. The van der Waals surface area contributed by atoms with E-state index >= 15 is 0 Å². The van der Waals surface area contributed by atoms with E-state index in [0.717, 1.165) is 40.9 Å². The second-order valence-electron chi connectivity index (χ2n) is 6.73. The van der Waals surface area contributed by atoms with E-state index in [1.54, 1.807) is 7.11 Å². The summed E-state index contributed by atoms with van der Waals surface area (Å²) in [7, 11) is 1.72. The van der Waals surface area contributed by atoms with Crippen molar-refractivity contribution in [2.45, 2.75) is 18.5 Å². The van der Waals surface area contributed by atoms with Crippen molar-refractivity contribution < 1.29 is 9.15 Å². The van der Waals surface area contributed by atoms with Crippen molar-refractivity contribution in [2.24, 2.45) is 0 Å². The van der Waals surface area contributed by atoms with E-state index in [0.29, 0.717) is 6.61 Å². The lowest BCUT2D eigenvalue weighted by atomic mass is 10.0. The second kappa shape index (κ2) is 8.54. The minimum absolute atomic E-state index is 0.0586. The molecule has 4 rings (SSSR count). The molecule has 3 heterocycles. The zero-order valence-electron chi connectivity index (χ0n) is 15.7. The molecule has 28 heavy (non-hydrogen) atoms. The van der Waals surface area contributed by atoms with Crippen LogP contribution in [0, 0.1) is 0 Å². The fourth-order valence-corrected chi connectivity index (χ4v) is 3.94. The van der Waals surface area contributed by atoms with Gasteiger partial charge in [0.1, 0.15) is 17.6 Å². The number of rotatable bonds is 7. The van der Waals surface area contributed by atoms with Gasteiger partial charge in [0.15, 0.2) is 5.11 Å². The molecule has 1 aliphatic heterocycles. The summed E-state index contributed by atoms with van der Waals surface area (Å²) >= 11 is 5.65. The molecule has 1 N–H and O–H groups in total. The summed E-state index contributed by atoms with van der Waals surface area (Å²) in [6.45, 7) is 1.47. The Kier molecular flexibility index (Phi) is 5.69. The summed E-state index contributed by atoms with van der Waals surface area (Å²) in [5.74, 6) is 1.73. The first-order chi connectivity index (χ1) is 13.8. The Balaban J connectivity index is 1.68. The van der Waals surface area contributed by atoms with Gasteiger partial charge >= 0.3 is 0 Å². The van der Waals surface area contributed by atoms with Crippen LogP contribution in [0.3, 0.4) is 0 Å². The molecule has 6 heteroatoms. The molecule has 3 aromatic rings. The average Bonchev–Trinajstić information content (AvgIpc) is 3.35. The maximum absolute atomic E-state index is 6.29. The van der Waals surface area contributed by atoms with Crippen molar-refractivity contribution >= 4 is 17.3 Å². The molecule has 1 saturated heterocycles. The average molecular weight is 394 g/mol. The minimum atomic E-state index is -0.0639. The highest BCUT2D eigenvalue weighted by Crippen LogP contribution is 2.40. The van der Waals surface area contributed by atoms with E-state index in [2.05, 4.69) is 15.2 Å². The molecule has 5 nitrogen and oxygen atoms in total. The normalized spacial score (nSPS) is 19.0. The van der Waals surface area contributed by atoms with Crippen LogP contribution in [-0.4, -0.2) is 35.3 Å². The van der Waals surface area contributed by atoms with Crippen LogP contribution in [0.2, 0.25) is 0 Å². The Morgan fingerprint density at radius 3 is 2.68 bits per heavy atom. The summed E-state index contributed by atoms with van der Waals surface area (Å²) in [4.78, 5) is 6.73. The Hall–Kier alpha value is -2.70. The van der Waals surface area contributed by atoms with E-state index in [-0.39, 0.29) is 12.1 Å². The zero-order chi connectivity index (χ0) is 19.3. The number of ether oxygens (including phenoxy) is 1. The first-order valence-electron chi connectivity index (χ1n) is 9.40. The monoisotopic (exact) mass is 393 g/mol. The van der Waals surface area contributed by atoms with E-state index in [4.69, 9.17) is 21.4 Å². The molecule has 144 valence electrons. The van der Waals surface area contributed by atoms with E-state index in [1.807, 2.05) is 66.9 Å². The topological polar surface area (TPSA) is 50.5 Å². The van der Waals surface area contributed by atoms with Gasteiger partial charge in [0.2, 0.25) is 0 Å². The second-order valence-corrected chi connectivity index (χ2v) is 7.12. The van der Waals surface area contributed by atoms with Gasteiger partial charge in [-0.15, -0.1) is 0 Å². The predicted octanol–water partition coefficient (Wildman–Crippen LogP) is 4.35. The van der Waals surface area contributed by atoms with Crippen LogP contribution in [-0.2, 0) is 4.74 Å². The van der Waals surface area contributed by atoms with Crippen LogP contribution in [0.5, 0.6) is 0 Å². The highest BCUT2D eigenvalue weighted by molar-refractivity contribution is 7.80. The Morgan fingerprint density at radius 1 is 1.11 bits per heavy atom. The molecule has 2 atom stereocenters. The van der Waals surface area contributed by atoms with Crippen LogP contribution < -0.4 is 5.32 Å². The number of thiocarbonyl (C=S) groups is 1. The van der Waals surface area contributed by atoms with Gasteiger partial charge in [0.25, 0.3) is 0 Å². The van der Waals surface area contributed by atoms with Crippen LogP contribution in [0.4, 0.5) is 0 Å². The first-order valence-corrected chi connectivity index (χ1v) is 9.81. The van der Waals surface area contributed by atoms with Crippen molar-refractivity contribution in [3.05, 3.63) is 78.3 Å². The van der Waals surface area contributed by atoms with Gasteiger partial charge in [-0.25, -0.2) is 0 Å². The van der Waals surface area contributed by atoms with Crippen molar-refractivity contribution in [3.63, 3.8) is 0 Å². The standard InChI is InChI=1S/C22H23N3O2S/c1-26-15-7-14-25-21(20(24-22(25)28)17-10-5-6-13-23-17)19-12-11-18(27-19)16-8-3-2-4-9-16/h2-6,8-13,20-21H,7,14-15H2,1H3,(H,24,28)/t20-,21+/m0/s1. The molecule has 0 amide bonds. The van der Waals surface area contributed by atoms with E-state index in [1.165, 1.54) is 0 Å². The van der Waals surface area contributed by atoms with Crippen molar-refractivity contribution in [1.82, 2.24) is 15.2 Å². The number of nitrogens with one attached hydrogen (secondary N) is 1. The number of methoxy groups -OCH3 is 1. The number of hydrogen-bond donors (Lipinski definition) is 1. The first kappa shape index (κ1) is 18.7. The summed E-state index contributed by atoms with van der Waals surface area (Å²) in [5.41, 5.74) is 2.00. The van der Waals surface area contributed by atoms with E-state index < -0.39 is 0 Å². The SMILES string of the molecule is COCCCN1C(=S)N[C@@H](c2ccccn2)[C@H]1c1ccc(-c2ccccc2)o1. The number of furan rings is 1. The lowest BCUT2D eigenvalue weighted by Gasteiger charge is -2.25. The number of nitrogens with zero attached hydrogens (tertiary/aromatic N) is 2. The number of benzene rings is 1. The highest BCUT2D eigenvalue weighted by Gasteiger charge is 2.41. The third-order valence-electron chi connectivity index (χ3n) is 4.92. The number of pyridine rings is 1. The van der Waals surface area contributed by atoms with Crippen LogP contribution in [0.15, 0.2) is 71.3 Å².